The molecule has 1 aromatic carbocycles. The highest BCUT2D eigenvalue weighted by molar-refractivity contribution is 5.41. The summed E-state index contributed by atoms with van der Waals surface area (Å²) in [6.45, 7) is 4.63. The second-order valence-electron chi connectivity index (χ2n) is 10.7. The average molecular weight is 385 g/mol. The van der Waals surface area contributed by atoms with Crippen molar-refractivity contribution in [1.82, 2.24) is 0 Å². The van der Waals surface area contributed by atoms with Crippen LogP contribution in [-0.4, -0.2) is 27.0 Å². The fraction of sp³-hybridized carbons (Fsp3) is 0.760. The molecule has 3 N–H and O–H groups in total. The molecular weight excluding hydrogens is 348 g/mol. The number of hydrogen-bond donors (Lipinski definition) is 3. The van der Waals surface area contributed by atoms with Crippen molar-refractivity contribution in [3.63, 3.8) is 0 Å². The molecule has 3 fully saturated rings. The van der Waals surface area contributed by atoms with Crippen LogP contribution in [0, 0.1) is 29.1 Å². The summed E-state index contributed by atoms with van der Waals surface area (Å²) in [6, 6.07) is 6.04. The highest BCUT2D eigenvalue weighted by atomic mass is 16.3. The molecule has 3 heteroatoms. The Bertz CT molecular complexity index is 760. The fourth-order valence-corrected chi connectivity index (χ4v) is 8.31. The van der Waals surface area contributed by atoms with Gasteiger partial charge in [-0.3, -0.25) is 0 Å². The van der Waals surface area contributed by atoms with E-state index in [0.29, 0.717) is 41.8 Å². The van der Waals surface area contributed by atoms with Crippen LogP contribution in [-0.2, 0) is 6.42 Å². The maximum Gasteiger partial charge on any atom is 0.115 e. The predicted molar refractivity (Wildman–Crippen MR) is 110 cm³/mol. The Morgan fingerprint density at radius 3 is 2.79 bits per heavy atom. The molecule has 0 amide bonds. The number of aromatic hydroxyl groups is 1. The number of hydrogen-bond acceptors (Lipinski definition) is 3. The van der Waals surface area contributed by atoms with E-state index in [9.17, 15) is 15.3 Å². The first-order valence-electron chi connectivity index (χ1n) is 11.6. The number of rotatable bonds is 2. The normalized spacial score (nSPS) is 47.0. The van der Waals surface area contributed by atoms with Crippen molar-refractivity contribution < 1.29 is 15.3 Å². The van der Waals surface area contributed by atoms with Gasteiger partial charge >= 0.3 is 0 Å². The molecule has 0 saturated heterocycles. The van der Waals surface area contributed by atoms with E-state index in [0.717, 1.165) is 38.5 Å². The lowest BCUT2D eigenvalue weighted by atomic mass is 9.49. The van der Waals surface area contributed by atoms with Crippen molar-refractivity contribution in [2.24, 2.45) is 29.1 Å². The Morgan fingerprint density at radius 1 is 1.18 bits per heavy atom. The van der Waals surface area contributed by atoms with E-state index in [2.05, 4.69) is 19.9 Å². The largest absolute Gasteiger partial charge is 0.508 e. The van der Waals surface area contributed by atoms with Crippen LogP contribution in [0.3, 0.4) is 0 Å². The lowest BCUT2D eigenvalue weighted by molar-refractivity contribution is -0.160. The maximum absolute atomic E-state index is 11.9. The lowest BCUT2D eigenvalue weighted by Gasteiger charge is -2.56. The van der Waals surface area contributed by atoms with Gasteiger partial charge in [0.05, 0.1) is 11.7 Å². The van der Waals surface area contributed by atoms with Crippen molar-refractivity contribution in [2.45, 2.75) is 89.3 Å². The van der Waals surface area contributed by atoms with Crippen LogP contribution in [0.2, 0.25) is 0 Å². The molecule has 154 valence electrons. The van der Waals surface area contributed by atoms with Crippen molar-refractivity contribution in [3.8, 4) is 5.75 Å². The van der Waals surface area contributed by atoms with E-state index in [1.54, 1.807) is 0 Å². The monoisotopic (exact) mass is 384 g/mol. The van der Waals surface area contributed by atoms with Crippen molar-refractivity contribution >= 4 is 0 Å². The Hall–Kier alpha value is -1.06. The smallest absolute Gasteiger partial charge is 0.115 e. The van der Waals surface area contributed by atoms with Gasteiger partial charge in [-0.15, -0.1) is 0 Å². The molecular formula is C25H36O3. The highest BCUT2D eigenvalue weighted by Crippen LogP contribution is 2.69. The van der Waals surface area contributed by atoms with Crippen molar-refractivity contribution in [2.75, 3.05) is 0 Å². The van der Waals surface area contributed by atoms with Gasteiger partial charge in [-0.05, 0) is 96.8 Å². The van der Waals surface area contributed by atoms with Gasteiger partial charge in [0.1, 0.15) is 5.75 Å². The van der Waals surface area contributed by atoms with Crippen LogP contribution in [0.15, 0.2) is 18.2 Å². The first-order valence-corrected chi connectivity index (χ1v) is 11.6. The van der Waals surface area contributed by atoms with Crippen LogP contribution in [0.25, 0.3) is 0 Å². The summed E-state index contributed by atoms with van der Waals surface area (Å²) < 4.78 is 0. The molecule has 0 aromatic heterocycles. The lowest BCUT2D eigenvalue weighted by Crippen LogP contribution is -2.56. The van der Waals surface area contributed by atoms with Crippen LogP contribution < -0.4 is 0 Å². The Morgan fingerprint density at radius 2 is 2.00 bits per heavy atom. The SMILES string of the molecule is CCCC1Cc2cc(O)ccc2C2CC[C@@]3(C)C(C[C@H]4CC[C@H](O)C[C@]43O)C12. The zero-order valence-corrected chi connectivity index (χ0v) is 17.4. The van der Waals surface area contributed by atoms with Crippen LogP contribution in [0.4, 0.5) is 0 Å². The summed E-state index contributed by atoms with van der Waals surface area (Å²) >= 11 is 0. The second kappa shape index (κ2) is 6.47. The first-order chi connectivity index (χ1) is 13.4. The Balaban J connectivity index is 1.57. The van der Waals surface area contributed by atoms with Gasteiger partial charge in [0, 0.05) is 6.42 Å². The summed E-state index contributed by atoms with van der Waals surface area (Å²) in [4.78, 5) is 0. The maximum atomic E-state index is 11.9. The number of fused-ring (bicyclic) bond motifs is 7. The standard InChI is InChI=1S/C25H36O3/c1-3-4-15-11-16-12-18(26)7-8-20(16)21-9-10-24(2)22(23(15)21)13-17-5-6-19(27)14-25(17,24)28/h7-8,12,15,17,19,21-23,26-28H,3-6,9-11,13-14H2,1-2H3/t15?,17-,19+,21?,22?,23?,24+,25+/m1/s1. The van der Waals surface area contributed by atoms with E-state index in [4.69, 9.17) is 0 Å². The molecule has 0 heterocycles. The molecule has 4 unspecified atom stereocenters. The molecule has 0 spiro atoms. The molecule has 4 aliphatic carbocycles. The molecule has 5 rings (SSSR count). The third kappa shape index (κ3) is 2.48. The van der Waals surface area contributed by atoms with Crippen LogP contribution in [0.1, 0.15) is 82.3 Å². The van der Waals surface area contributed by atoms with Gasteiger partial charge in [0.15, 0.2) is 0 Å². The number of phenolic OH excluding ortho intramolecular Hbond substituents is 1. The first kappa shape index (κ1) is 18.9. The van der Waals surface area contributed by atoms with Gasteiger partial charge in [-0.1, -0.05) is 32.8 Å². The summed E-state index contributed by atoms with van der Waals surface area (Å²) in [5.41, 5.74) is 2.05. The number of phenols is 1. The molecule has 0 bridgehead atoms. The van der Waals surface area contributed by atoms with Gasteiger partial charge in [0.25, 0.3) is 0 Å². The predicted octanol–water partition coefficient (Wildman–Crippen LogP) is 4.78. The molecule has 28 heavy (non-hydrogen) atoms. The Labute approximate surface area is 169 Å². The minimum absolute atomic E-state index is 0.0688. The Kier molecular flexibility index (Phi) is 4.38. The van der Waals surface area contributed by atoms with Crippen molar-refractivity contribution in [1.29, 1.82) is 0 Å². The van der Waals surface area contributed by atoms with Crippen molar-refractivity contribution in [3.05, 3.63) is 29.3 Å². The number of benzene rings is 1. The number of aliphatic hydroxyl groups is 2. The molecule has 3 nitrogen and oxygen atoms in total. The van der Waals surface area contributed by atoms with Gasteiger partial charge in [-0.25, -0.2) is 0 Å². The second-order valence-corrected chi connectivity index (χ2v) is 10.7. The topological polar surface area (TPSA) is 60.7 Å². The average Bonchev–Trinajstić information content (AvgIpc) is 2.88. The molecule has 0 aliphatic heterocycles. The third-order valence-electron chi connectivity index (χ3n) is 9.53. The number of aliphatic hydroxyl groups excluding tert-OH is 1. The van der Waals surface area contributed by atoms with Gasteiger partial charge in [0.2, 0.25) is 0 Å². The highest BCUT2D eigenvalue weighted by Gasteiger charge is 2.67. The summed E-state index contributed by atoms with van der Waals surface area (Å²) in [7, 11) is 0. The van der Waals surface area contributed by atoms with E-state index < -0.39 is 5.60 Å². The summed E-state index contributed by atoms with van der Waals surface area (Å²) in [6.07, 6.45) is 8.87. The summed E-state index contributed by atoms with van der Waals surface area (Å²) in [5.74, 6) is 3.12. The molecule has 1 aromatic rings. The minimum Gasteiger partial charge on any atom is -0.508 e. The van der Waals surface area contributed by atoms with Crippen LogP contribution >= 0.6 is 0 Å². The zero-order chi connectivity index (χ0) is 19.7. The van der Waals surface area contributed by atoms with E-state index >= 15 is 0 Å². The van der Waals surface area contributed by atoms with Gasteiger partial charge in [-0.2, -0.15) is 0 Å². The third-order valence-corrected chi connectivity index (χ3v) is 9.53. The molecule has 8 atom stereocenters. The van der Waals surface area contributed by atoms with Gasteiger partial charge < -0.3 is 15.3 Å². The molecule has 4 aliphatic rings. The van der Waals surface area contributed by atoms with E-state index in [-0.39, 0.29) is 11.5 Å². The quantitative estimate of drug-likeness (QED) is 0.688. The zero-order valence-electron chi connectivity index (χ0n) is 17.4. The molecule has 3 saturated carbocycles. The van der Waals surface area contributed by atoms with E-state index in [1.807, 2.05) is 12.1 Å². The molecule has 0 radical (unpaired) electrons. The van der Waals surface area contributed by atoms with Crippen LogP contribution in [0.5, 0.6) is 5.75 Å². The van der Waals surface area contributed by atoms with E-state index in [1.165, 1.54) is 24.0 Å². The summed E-state index contributed by atoms with van der Waals surface area (Å²) in [5, 5.41) is 32.3. The fourth-order valence-electron chi connectivity index (χ4n) is 8.31. The minimum atomic E-state index is -0.688.